The standard InChI is InChI=1S/C11H23N3O/c1-11(2,8-13-3)9-6-4-5-7-14(9)10(12)15/h9,13H,4-8H2,1-3H3,(H2,12,15). The van der Waals surface area contributed by atoms with E-state index in [1.54, 1.807) is 0 Å². The first-order valence-corrected chi connectivity index (χ1v) is 5.69. The van der Waals surface area contributed by atoms with Gasteiger partial charge in [-0.15, -0.1) is 0 Å². The van der Waals surface area contributed by atoms with Crippen molar-refractivity contribution in [3.63, 3.8) is 0 Å². The van der Waals surface area contributed by atoms with E-state index >= 15 is 0 Å². The molecule has 0 radical (unpaired) electrons. The minimum atomic E-state index is -0.274. The Morgan fingerprint density at radius 3 is 2.73 bits per heavy atom. The molecule has 1 saturated heterocycles. The molecule has 1 atom stereocenters. The topological polar surface area (TPSA) is 58.4 Å². The fourth-order valence-electron chi connectivity index (χ4n) is 2.58. The highest BCUT2D eigenvalue weighted by Crippen LogP contribution is 2.31. The van der Waals surface area contributed by atoms with Gasteiger partial charge in [0.1, 0.15) is 0 Å². The Hall–Kier alpha value is -0.770. The summed E-state index contributed by atoms with van der Waals surface area (Å²) >= 11 is 0. The molecule has 1 unspecified atom stereocenters. The third-order valence-corrected chi connectivity index (χ3v) is 3.32. The maximum atomic E-state index is 11.3. The number of amides is 2. The molecular weight excluding hydrogens is 190 g/mol. The zero-order valence-corrected chi connectivity index (χ0v) is 10.0. The van der Waals surface area contributed by atoms with E-state index in [2.05, 4.69) is 19.2 Å². The molecule has 0 aromatic carbocycles. The van der Waals surface area contributed by atoms with Crippen molar-refractivity contribution < 1.29 is 4.79 Å². The average molecular weight is 213 g/mol. The summed E-state index contributed by atoms with van der Waals surface area (Å²) < 4.78 is 0. The molecule has 88 valence electrons. The molecule has 2 amide bonds. The molecule has 3 N–H and O–H groups in total. The fraction of sp³-hybridized carbons (Fsp3) is 0.909. The van der Waals surface area contributed by atoms with Gasteiger partial charge < -0.3 is 16.0 Å². The summed E-state index contributed by atoms with van der Waals surface area (Å²) in [5.41, 5.74) is 5.50. The van der Waals surface area contributed by atoms with Crippen LogP contribution in [-0.2, 0) is 0 Å². The Morgan fingerprint density at radius 2 is 2.20 bits per heavy atom. The second-order valence-electron chi connectivity index (χ2n) is 5.06. The maximum Gasteiger partial charge on any atom is 0.315 e. The molecule has 4 heteroatoms. The van der Waals surface area contributed by atoms with E-state index in [1.807, 2.05) is 11.9 Å². The van der Waals surface area contributed by atoms with E-state index < -0.39 is 0 Å². The molecule has 0 aromatic heterocycles. The minimum absolute atomic E-state index is 0.0875. The number of hydrogen-bond donors (Lipinski definition) is 2. The molecule has 0 spiro atoms. The lowest BCUT2D eigenvalue weighted by Crippen LogP contribution is -2.55. The average Bonchev–Trinajstić information content (AvgIpc) is 2.17. The molecule has 1 aliphatic rings. The van der Waals surface area contributed by atoms with E-state index in [9.17, 15) is 4.79 Å². The smallest absolute Gasteiger partial charge is 0.315 e. The summed E-state index contributed by atoms with van der Waals surface area (Å²) in [4.78, 5) is 13.2. The van der Waals surface area contributed by atoms with E-state index in [0.717, 1.165) is 25.9 Å². The Balaban J connectivity index is 2.75. The van der Waals surface area contributed by atoms with Crippen LogP contribution in [0.1, 0.15) is 33.1 Å². The molecule has 0 bridgehead atoms. The van der Waals surface area contributed by atoms with E-state index in [-0.39, 0.29) is 17.5 Å². The van der Waals surface area contributed by atoms with Gasteiger partial charge in [-0.1, -0.05) is 13.8 Å². The van der Waals surface area contributed by atoms with Gasteiger partial charge in [0.2, 0.25) is 0 Å². The molecule has 0 saturated carbocycles. The van der Waals surface area contributed by atoms with Gasteiger partial charge >= 0.3 is 6.03 Å². The Labute approximate surface area is 92.2 Å². The zero-order chi connectivity index (χ0) is 11.5. The van der Waals surface area contributed by atoms with Crippen molar-refractivity contribution in [3.05, 3.63) is 0 Å². The lowest BCUT2D eigenvalue weighted by molar-refractivity contribution is 0.0823. The first-order chi connectivity index (χ1) is 6.99. The Bertz CT molecular complexity index is 228. The summed E-state index contributed by atoms with van der Waals surface area (Å²) in [6.07, 6.45) is 3.34. The lowest BCUT2D eigenvalue weighted by Gasteiger charge is -2.44. The first-order valence-electron chi connectivity index (χ1n) is 5.69. The van der Waals surface area contributed by atoms with Gasteiger partial charge in [-0.05, 0) is 31.7 Å². The summed E-state index contributed by atoms with van der Waals surface area (Å²) in [6.45, 7) is 6.10. The Morgan fingerprint density at radius 1 is 1.53 bits per heavy atom. The fourth-order valence-corrected chi connectivity index (χ4v) is 2.58. The molecule has 1 fully saturated rings. The van der Waals surface area contributed by atoms with Gasteiger partial charge in [0.25, 0.3) is 0 Å². The molecule has 1 heterocycles. The van der Waals surface area contributed by atoms with Crippen LogP contribution in [0.4, 0.5) is 4.79 Å². The van der Waals surface area contributed by atoms with Crippen LogP contribution in [0.15, 0.2) is 0 Å². The minimum Gasteiger partial charge on any atom is -0.351 e. The molecule has 0 aliphatic carbocycles. The van der Waals surface area contributed by atoms with Crippen LogP contribution in [0, 0.1) is 5.41 Å². The second-order valence-corrected chi connectivity index (χ2v) is 5.06. The van der Waals surface area contributed by atoms with Gasteiger partial charge in [-0.3, -0.25) is 0 Å². The monoisotopic (exact) mass is 213 g/mol. The van der Waals surface area contributed by atoms with Crippen molar-refractivity contribution in [1.29, 1.82) is 0 Å². The Kier molecular flexibility index (Phi) is 3.97. The predicted molar refractivity (Wildman–Crippen MR) is 61.6 cm³/mol. The number of carbonyl (C=O) groups is 1. The van der Waals surface area contributed by atoms with E-state index in [1.165, 1.54) is 6.42 Å². The molecule has 4 nitrogen and oxygen atoms in total. The summed E-state index contributed by atoms with van der Waals surface area (Å²) in [5.74, 6) is 0. The summed E-state index contributed by atoms with van der Waals surface area (Å²) in [5, 5.41) is 3.19. The number of rotatable bonds is 3. The van der Waals surface area contributed by atoms with Crippen LogP contribution < -0.4 is 11.1 Å². The summed E-state index contributed by atoms with van der Waals surface area (Å²) in [7, 11) is 1.94. The van der Waals surface area contributed by atoms with Crippen LogP contribution in [-0.4, -0.2) is 37.1 Å². The zero-order valence-electron chi connectivity index (χ0n) is 10.0. The van der Waals surface area contributed by atoms with Gasteiger partial charge in [-0.2, -0.15) is 0 Å². The van der Waals surface area contributed by atoms with Gasteiger partial charge in [-0.25, -0.2) is 4.79 Å². The van der Waals surface area contributed by atoms with Gasteiger partial charge in [0, 0.05) is 19.1 Å². The number of urea groups is 1. The number of nitrogens with one attached hydrogen (secondary N) is 1. The van der Waals surface area contributed by atoms with Crippen LogP contribution in [0.5, 0.6) is 0 Å². The van der Waals surface area contributed by atoms with Crippen molar-refractivity contribution in [3.8, 4) is 0 Å². The molecular formula is C11H23N3O. The quantitative estimate of drug-likeness (QED) is 0.739. The highest BCUT2D eigenvalue weighted by atomic mass is 16.2. The normalized spacial score (nSPS) is 22.9. The number of primary amides is 1. The predicted octanol–water partition coefficient (Wildman–Crippen LogP) is 1.17. The maximum absolute atomic E-state index is 11.3. The third-order valence-electron chi connectivity index (χ3n) is 3.32. The number of carbonyl (C=O) groups excluding carboxylic acids is 1. The van der Waals surface area contributed by atoms with E-state index in [4.69, 9.17) is 5.73 Å². The van der Waals surface area contributed by atoms with Crippen LogP contribution >= 0.6 is 0 Å². The largest absolute Gasteiger partial charge is 0.351 e. The number of hydrogen-bond acceptors (Lipinski definition) is 2. The molecule has 0 aromatic rings. The first kappa shape index (κ1) is 12.3. The molecule has 1 rings (SSSR count). The second kappa shape index (κ2) is 4.84. The number of likely N-dealkylation sites (tertiary alicyclic amines) is 1. The van der Waals surface area contributed by atoms with Crippen LogP contribution in [0.2, 0.25) is 0 Å². The third kappa shape index (κ3) is 2.84. The van der Waals surface area contributed by atoms with Crippen molar-refractivity contribution in [2.24, 2.45) is 11.1 Å². The number of piperidine rings is 1. The van der Waals surface area contributed by atoms with Crippen LogP contribution in [0.25, 0.3) is 0 Å². The molecule has 1 aliphatic heterocycles. The lowest BCUT2D eigenvalue weighted by atomic mass is 9.79. The van der Waals surface area contributed by atoms with Crippen LogP contribution in [0.3, 0.4) is 0 Å². The van der Waals surface area contributed by atoms with Gasteiger partial charge in [0.05, 0.1) is 0 Å². The van der Waals surface area contributed by atoms with Crippen molar-refractivity contribution in [2.45, 2.75) is 39.2 Å². The van der Waals surface area contributed by atoms with Gasteiger partial charge in [0.15, 0.2) is 0 Å². The van der Waals surface area contributed by atoms with E-state index in [0.29, 0.717) is 0 Å². The van der Waals surface area contributed by atoms with Crippen molar-refractivity contribution in [2.75, 3.05) is 20.1 Å². The summed E-state index contributed by atoms with van der Waals surface area (Å²) in [6, 6.07) is 0.0000723. The highest BCUT2D eigenvalue weighted by Gasteiger charge is 2.36. The molecule has 15 heavy (non-hydrogen) atoms. The van der Waals surface area contributed by atoms with Crippen molar-refractivity contribution in [1.82, 2.24) is 10.2 Å². The number of nitrogens with zero attached hydrogens (tertiary/aromatic N) is 1. The SMILES string of the molecule is CNCC(C)(C)C1CCCCN1C(N)=O. The van der Waals surface area contributed by atoms with Crippen molar-refractivity contribution >= 4 is 6.03 Å². The highest BCUT2D eigenvalue weighted by molar-refractivity contribution is 5.72. The number of nitrogens with two attached hydrogens (primary N) is 1.